The van der Waals surface area contributed by atoms with E-state index in [-0.39, 0.29) is 17.9 Å². The summed E-state index contributed by atoms with van der Waals surface area (Å²) in [6.45, 7) is 2.68. The number of hydrogen-bond acceptors (Lipinski definition) is 3. The molecule has 1 amide bonds. The van der Waals surface area contributed by atoms with Crippen molar-refractivity contribution in [3.63, 3.8) is 0 Å². The minimum absolute atomic E-state index is 0.0128. The van der Waals surface area contributed by atoms with E-state index in [9.17, 15) is 9.90 Å². The van der Waals surface area contributed by atoms with Crippen molar-refractivity contribution in [2.24, 2.45) is 5.92 Å². The number of aliphatic hydroxyl groups is 1. The van der Waals surface area contributed by atoms with Crippen LogP contribution < -0.4 is 5.32 Å². The minimum Gasteiger partial charge on any atom is -0.391 e. The van der Waals surface area contributed by atoms with Gasteiger partial charge in [-0.05, 0) is 18.9 Å². The van der Waals surface area contributed by atoms with Crippen molar-refractivity contribution < 1.29 is 9.90 Å². The Morgan fingerprint density at radius 2 is 2.22 bits per heavy atom. The monoisotopic (exact) mass is 313 g/mol. The zero-order chi connectivity index (χ0) is 16.2. The third-order valence-corrected chi connectivity index (χ3v) is 4.55. The summed E-state index contributed by atoms with van der Waals surface area (Å²) >= 11 is 0. The van der Waals surface area contributed by atoms with Gasteiger partial charge >= 0.3 is 0 Å². The summed E-state index contributed by atoms with van der Waals surface area (Å²) in [5, 5.41) is 13.3. The number of carbonyl (C=O) groups is 1. The van der Waals surface area contributed by atoms with Gasteiger partial charge in [-0.3, -0.25) is 4.79 Å². The summed E-state index contributed by atoms with van der Waals surface area (Å²) < 4.78 is 2.09. The Labute approximate surface area is 136 Å². The van der Waals surface area contributed by atoms with E-state index in [1.165, 1.54) is 0 Å². The Bertz CT molecular complexity index is 653. The van der Waals surface area contributed by atoms with E-state index in [2.05, 4.69) is 14.9 Å². The molecule has 5 nitrogen and oxygen atoms in total. The van der Waals surface area contributed by atoms with Gasteiger partial charge in [-0.1, -0.05) is 30.3 Å². The molecule has 0 bridgehead atoms. The highest BCUT2D eigenvalue weighted by atomic mass is 16.3. The van der Waals surface area contributed by atoms with E-state index in [4.69, 9.17) is 0 Å². The third-order valence-electron chi connectivity index (χ3n) is 4.55. The molecule has 3 rings (SSSR count). The smallest absolute Gasteiger partial charge is 0.223 e. The van der Waals surface area contributed by atoms with E-state index in [1.54, 1.807) is 6.20 Å². The van der Waals surface area contributed by atoms with Crippen LogP contribution in [-0.2, 0) is 24.2 Å². The molecule has 0 radical (unpaired) electrons. The summed E-state index contributed by atoms with van der Waals surface area (Å²) in [6.07, 6.45) is 5.17. The minimum atomic E-state index is -0.591. The Morgan fingerprint density at radius 1 is 1.43 bits per heavy atom. The van der Waals surface area contributed by atoms with Gasteiger partial charge in [0.15, 0.2) is 0 Å². The molecule has 23 heavy (non-hydrogen) atoms. The molecule has 0 aliphatic carbocycles. The summed E-state index contributed by atoms with van der Waals surface area (Å²) in [5.41, 5.74) is 1.07. The number of aromatic nitrogens is 2. The lowest BCUT2D eigenvalue weighted by molar-refractivity contribution is -0.127. The number of carbonyl (C=O) groups excluding carboxylic acids is 1. The molecule has 0 saturated heterocycles. The molecule has 0 unspecified atom stereocenters. The third kappa shape index (κ3) is 3.79. The second-order valence-corrected chi connectivity index (χ2v) is 6.28. The highest BCUT2D eigenvalue weighted by molar-refractivity contribution is 5.79. The van der Waals surface area contributed by atoms with Crippen LogP contribution in [0, 0.1) is 5.92 Å². The molecule has 1 aromatic carbocycles. The number of hydrogen-bond donors (Lipinski definition) is 2. The Morgan fingerprint density at radius 3 is 3.00 bits per heavy atom. The normalized spacial score (nSPS) is 19.7. The number of nitrogens with one attached hydrogen (secondary N) is 1. The summed E-state index contributed by atoms with van der Waals surface area (Å²) in [5.74, 6) is 0.920. The fourth-order valence-electron chi connectivity index (χ4n) is 3.05. The van der Waals surface area contributed by atoms with Crippen molar-refractivity contribution in [3.05, 3.63) is 54.1 Å². The van der Waals surface area contributed by atoms with Gasteiger partial charge in [0.25, 0.3) is 0 Å². The standard InChI is InChI=1S/C18H23N3O2/c1-13(16(22)11-14-5-3-2-4-6-14)20-18(23)15-7-9-21-10-8-19-17(21)12-15/h2-6,8,10,13,15-16,22H,7,9,11-12H2,1H3,(H,20,23)/t13-,15-,16-/m0/s1. The maximum Gasteiger partial charge on any atom is 0.223 e. The summed E-state index contributed by atoms with van der Waals surface area (Å²) in [4.78, 5) is 16.7. The highest BCUT2D eigenvalue weighted by Crippen LogP contribution is 2.19. The summed E-state index contributed by atoms with van der Waals surface area (Å²) in [7, 11) is 0. The van der Waals surface area contributed by atoms with E-state index >= 15 is 0 Å². The van der Waals surface area contributed by atoms with E-state index in [1.807, 2.05) is 43.5 Å². The molecule has 122 valence electrons. The van der Waals surface area contributed by atoms with Crippen molar-refractivity contribution in [1.82, 2.24) is 14.9 Å². The molecule has 1 aliphatic rings. The molecule has 1 aliphatic heterocycles. The fraction of sp³-hybridized carbons (Fsp3) is 0.444. The van der Waals surface area contributed by atoms with E-state index in [0.29, 0.717) is 12.8 Å². The molecular formula is C18H23N3O2. The van der Waals surface area contributed by atoms with Crippen LogP contribution in [-0.4, -0.2) is 32.7 Å². The number of fused-ring (bicyclic) bond motifs is 1. The molecule has 1 aromatic heterocycles. The van der Waals surface area contributed by atoms with Crippen LogP contribution in [0.25, 0.3) is 0 Å². The van der Waals surface area contributed by atoms with Crippen molar-refractivity contribution in [3.8, 4) is 0 Å². The summed E-state index contributed by atoms with van der Waals surface area (Å²) in [6, 6.07) is 9.56. The van der Waals surface area contributed by atoms with Gasteiger partial charge in [0.1, 0.15) is 5.82 Å². The molecule has 2 aromatic rings. The average Bonchev–Trinajstić information content (AvgIpc) is 3.03. The van der Waals surface area contributed by atoms with Gasteiger partial charge < -0.3 is 15.0 Å². The number of benzene rings is 1. The number of amides is 1. The van der Waals surface area contributed by atoms with Gasteiger partial charge in [-0.15, -0.1) is 0 Å². The Hall–Kier alpha value is -2.14. The topological polar surface area (TPSA) is 67.2 Å². The first-order valence-electron chi connectivity index (χ1n) is 8.16. The van der Waals surface area contributed by atoms with Crippen LogP contribution in [0.4, 0.5) is 0 Å². The lowest BCUT2D eigenvalue weighted by Gasteiger charge is -2.26. The Balaban J connectivity index is 1.53. The van der Waals surface area contributed by atoms with Gasteiger partial charge in [-0.2, -0.15) is 0 Å². The first kappa shape index (κ1) is 15.7. The zero-order valence-electron chi connectivity index (χ0n) is 13.4. The van der Waals surface area contributed by atoms with Crippen LogP contribution in [0.15, 0.2) is 42.7 Å². The van der Waals surface area contributed by atoms with Crippen LogP contribution in [0.1, 0.15) is 24.7 Å². The van der Waals surface area contributed by atoms with Gasteiger partial charge in [-0.25, -0.2) is 4.98 Å². The molecule has 2 N–H and O–H groups in total. The van der Waals surface area contributed by atoms with Crippen molar-refractivity contribution in [2.75, 3.05) is 0 Å². The highest BCUT2D eigenvalue weighted by Gasteiger charge is 2.27. The zero-order valence-corrected chi connectivity index (χ0v) is 13.4. The van der Waals surface area contributed by atoms with Crippen LogP contribution >= 0.6 is 0 Å². The van der Waals surface area contributed by atoms with Crippen molar-refractivity contribution >= 4 is 5.91 Å². The van der Waals surface area contributed by atoms with E-state index in [0.717, 1.165) is 24.4 Å². The second-order valence-electron chi connectivity index (χ2n) is 6.28. The molecule has 0 saturated carbocycles. The van der Waals surface area contributed by atoms with Crippen molar-refractivity contribution in [1.29, 1.82) is 0 Å². The lowest BCUT2D eigenvalue weighted by Crippen LogP contribution is -2.46. The average molecular weight is 313 g/mol. The van der Waals surface area contributed by atoms with Crippen molar-refractivity contribution in [2.45, 2.75) is 44.9 Å². The maximum atomic E-state index is 12.4. The van der Waals surface area contributed by atoms with Crippen LogP contribution in [0.5, 0.6) is 0 Å². The predicted octanol–water partition coefficient (Wildman–Crippen LogP) is 1.55. The Kier molecular flexibility index (Phi) is 4.76. The van der Waals surface area contributed by atoms with E-state index < -0.39 is 6.10 Å². The molecule has 3 atom stereocenters. The number of rotatable bonds is 5. The van der Waals surface area contributed by atoms with Crippen LogP contribution in [0.3, 0.4) is 0 Å². The lowest BCUT2D eigenvalue weighted by atomic mass is 9.95. The number of imidazole rings is 1. The number of aliphatic hydroxyl groups excluding tert-OH is 1. The van der Waals surface area contributed by atoms with Gasteiger partial charge in [0.05, 0.1) is 12.1 Å². The predicted molar refractivity (Wildman–Crippen MR) is 87.8 cm³/mol. The molecular weight excluding hydrogens is 290 g/mol. The molecule has 5 heteroatoms. The van der Waals surface area contributed by atoms with Gasteiger partial charge in [0.2, 0.25) is 5.91 Å². The van der Waals surface area contributed by atoms with Gasteiger partial charge in [0, 0.05) is 37.7 Å². The largest absolute Gasteiger partial charge is 0.391 e. The quantitative estimate of drug-likeness (QED) is 0.880. The first-order valence-corrected chi connectivity index (χ1v) is 8.16. The second kappa shape index (κ2) is 6.96. The maximum absolute atomic E-state index is 12.4. The number of aryl methyl sites for hydroxylation is 1. The number of nitrogens with zero attached hydrogens (tertiary/aromatic N) is 2. The molecule has 0 fully saturated rings. The van der Waals surface area contributed by atoms with Crippen LogP contribution in [0.2, 0.25) is 0 Å². The molecule has 0 spiro atoms. The first-order chi connectivity index (χ1) is 11.1. The fourth-order valence-corrected chi connectivity index (χ4v) is 3.05. The molecule has 2 heterocycles. The SMILES string of the molecule is C[C@H](NC(=O)[C@H]1CCn2ccnc2C1)[C@@H](O)Cc1ccccc1.